The lowest BCUT2D eigenvalue weighted by Gasteiger charge is -2.17. The molecule has 2 N–H and O–H groups in total. The summed E-state index contributed by atoms with van der Waals surface area (Å²) in [4.78, 5) is 20.4. The van der Waals surface area contributed by atoms with E-state index in [1.54, 1.807) is 24.8 Å². The van der Waals surface area contributed by atoms with Crippen LogP contribution >= 0.6 is 0 Å². The molecule has 3 atom stereocenters. The molecule has 0 saturated heterocycles. The Balaban J connectivity index is 1.62. The summed E-state index contributed by atoms with van der Waals surface area (Å²) in [5.74, 6) is 0.502. The van der Waals surface area contributed by atoms with Crippen molar-refractivity contribution in [3.63, 3.8) is 0 Å². The first-order valence-electron chi connectivity index (χ1n) is 7.60. The highest BCUT2D eigenvalue weighted by atomic mass is 16.5. The molecule has 1 fully saturated rings. The third-order valence-corrected chi connectivity index (χ3v) is 4.22. The van der Waals surface area contributed by atoms with E-state index in [0.717, 1.165) is 13.0 Å². The number of amides is 1. The minimum Gasteiger partial charge on any atom is -0.496 e. The monoisotopic (exact) mass is 316 g/mol. The van der Waals surface area contributed by atoms with Crippen LogP contribution in [0.3, 0.4) is 0 Å². The zero-order valence-corrected chi connectivity index (χ0v) is 12.9. The average Bonchev–Trinajstić information content (AvgIpc) is 3.18. The molecule has 122 valence electrons. The van der Waals surface area contributed by atoms with Crippen LogP contribution < -0.4 is 10.1 Å². The van der Waals surface area contributed by atoms with Gasteiger partial charge in [0.25, 0.3) is 5.91 Å². The van der Waals surface area contributed by atoms with Gasteiger partial charge in [-0.2, -0.15) is 0 Å². The predicted molar refractivity (Wildman–Crippen MR) is 83.0 cm³/mol. The van der Waals surface area contributed by atoms with Gasteiger partial charge in [0, 0.05) is 31.3 Å². The van der Waals surface area contributed by atoms with E-state index < -0.39 is 6.10 Å². The van der Waals surface area contributed by atoms with Crippen molar-refractivity contribution >= 4 is 5.91 Å². The number of hydrogen-bond acceptors (Lipinski definition) is 5. The fourth-order valence-electron chi connectivity index (χ4n) is 3.09. The quantitative estimate of drug-likeness (QED) is 0.854. The molecule has 1 aliphatic carbocycles. The normalized spacial score (nSPS) is 23.7. The Bertz CT molecular complexity index is 659. The number of aliphatic hydroxyl groups is 1. The molecule has 1 amide bonds. The van der Waals surface area contributed by atoms with Gasteiger partial charge in [-0.15, -0.1) is 0 Å². The first kappa shape index (κ1) is 15.5. The first-order chi connectivity index (χ1) is 11.2. The molecule has 0 spiro atoms. The number of aromatic nitrogens is 3. The first-order valence-corrected chi connectivity index (χ1v) is 7.60. The molecule has 3 rings (SSSR count). The van der Waals surface area contributed by atoms with E-state index in [1.165, 1.54) is 13.3 Å². The van der Waals surface area contributed by atoms with Crippen molar-refractivity contribution in [1.29, 1.82) is 0 Å². The van der Waals surface area contributed by atoms with Gasteiger partial charge in [0.2, 0.25) is 0 Å². The fraction of sp³-hybridized carbons (Fsp3) is 0.438. The summed E-state index contributed by atoms with van der Waals surface area (Å²) in [5, 5.41) is 13.1. The number of carbonyl (C=O) groups is 1. The van der Waals surface area contributed by atoms with Gasteiger partial charge in [-0.1, -0.05) is 0 Å². The molecule has 0 aliphatic heterocycles. The molecule has 1 aliphatic rings. The van der Waals surface area contributed by atoms with Crippen molar-refractivity contribution in [3.8, 4) is 5.75 Å². The fourth-order valence-corrected chi connectivity index (χ4v) is 3.09. The Morgan fingerprint density at radius 2 is 2.30 bits per heavy atom. The summed E-state index contributed by atoms with van der Waals surface area (Å²) in [6, 6.07) is 1.38. The number of carbonyl (C=O) groups excluding carboxylic acids is 1. The summed E-state index contributed by atoms with van der Waals surface area (Å²) in [6.07, 6.45) is 9.28. The largest absolute Gasteiger partial charge is 0.496 e. The van der Waals surface area contributed by atoms with Crippen LogP contribution in [0.5, 0.6) is 5.75 Å². The molecule has 0 aromatic carbocycles. The van der Waals surface area contributed by atoms with Gasteiger partial charge < -0.3 is 19.7 Å². The Labute approximate surface area is 134 Å². The highest BCUT2D eigenvalue weighted by Gasteiger charge is 2.34. The topological polar surface area (TPSA) is 89.3 Å². The number of hydrogen-bond donors (Lipinski definition) is 2. The second-order valence-electron chi connectivity index (χ2n) is 5.82. The zero-order valence-electron chi connectivity index (χ0n) is 12.9. The summed E-state index contributed by atoms with van der Waals surface area (Å²) < 4.78 is 7.17. The predicted octanol–water partition coefficient (Wildman–Crippen LogP) is 0.856. The van der Waals surface area contributed by atoms with Crippen LogP contribution in [-0.4, -0.2) is 44.8 Å². The van der Waals surface area contributed by atoms with E-state index in [2.05, 4.69) is 15.3 Å². The molecule has 7 heteroatoms. The second-order valence-corrected chi connectivity index (χ2v) is 5.82. The Kier molecular flexibility index (Phi) is 4.57. The van der Waals surface area contributed by atoms with E-state index in [4.69, 9.17) is 4.74 Å². The van der Waals surface area contributed by atoms with Crippen LogP contribution in [0.25, 0.3) is 0 Å². The average molecular weight is 316 g/mol. The Morgan fingerprint density at radius 1 is 1.43 bits per heavy atom. The van der Waals surface area contributed by atoms with Crippen molar-refractivity contribution in [3.05, 3.63) is 42.7 Å². The van der Waals surface area contributed by atoms with E-state index in [1.807, 2.05) is 10.8 Å². The van der Waals surface area contributed by atoms with Crippen LogP contribution in [0, 0.1) is 5.92 Å². The lowest BCUT2D eigenvalue weighted by Crippen LogP contribution is -2.40. The molecule has 0 bridgehead atoms. The van der Waals surface area contributed by atoms with Gasteiger partial charge in [0.05, 0.1) is 31.1 Å². The van der Waals surface area contributed by atoms with Gasteiger partial charge in [0.15, 0.2) is 0 Å². The standard InChI is InChI=1S/C16H20N4O3/c1-23-15-2-3-17-8-12(15)16(22)19-13-6-11(7-14(13)21)9-20-5-4-18-10-20/h2-5,8,10-11,13-14,21H,6-7,9H2,1H3,(H,19,22)/t11?,13-,14-/m1/s1. The van der Waals surface area contributed by atoms with E-state index in [-0.39, 0.29) is 11.9 Å². The van der Waals surface area contributed by atoms with Crippen molar-refractivity contribution in [1.82, 2.24) is 19.9 Å². The van der Waals surface area contributed by atoms with Crippen molar-refractivity contribution in [2.75, 3.05) is 7.11 Å². The van der Waals surface area contributed by atoms with Crippen LogP contribution in [0.2, 0.25) is 0 Å². The van der Waals surface area contributed by atoms with Gasteiger partial charge in [0.1, 0.15) is 5.75 Å². The summed E-state index contributed by atoms with van der Waals surface area (Å²) >= 11 is 0. The maximum absolute atomic E-state index is 12.4. The smallest absolute Gasteiger partial charge is 0.256 e. The highest BCUT2D eigenvalue weighted by molar-refractivity contribution is 5.96. The van der Waals surface area contributed by atoms with Crippen LogP contribution in [-0.2, 0) is 6.54 Å². The SMILES string of the molecule is COc1ccncc1C(=O)N[C@@H]1CC(Cn2ccnc2)C[C@H]1O. The summed E-state index contributed by atoms with van der Waals surface area (Å²) in [7, 11) is 1.51. The van der Waals surface area contributed by atoms with Crippen molar-refractivity contribution in [2.24, 2.45) is 5.92 Å². The Hall–Kier alpha value is -2.41. The minimum atomic E-state index is -0.546. The van der Waals surface area contributed by atoms with Crippen molar-refractivity contribution < 1.29 is 14.6 Å². The number of nitrogens with one attached hydrogen (secondary N) is 1. The van der Waals surface area contributed by atoms with Crippen LogP contribution in [0.4, 0.5) is 0 Å². The van der Waals surface area contributed by atoms with Gasteiger partial charge in [-0.05, 0) is 24.8 Å². The number of imidazole rings is 1. The van der Waals surface area contributed by atoms with E-state index in [0.29, 0.717) is 23.7 Å². The molecule has 7 nitrogen and oxygen atoms in total. The number of rotatable bonds is 5. The van der Waals surface area contributed by atoms with Crippen LogP contribution in [0.15, 0.2) is 37.2 Å². The molecule has 1 unspecified atom stereocenters. The second kappa shape index (κ2) is 6.78. The minimum absolute atomic E-state index is 0.263. The molecule has 0 radical (unpaired) electrons. The van der Waals surface area contributed by atoms with Gasteiger partial charge in [-0.25, -0.2) is 4.98 Å². The molecular weight excluding hydrogens is 296 g/mol. The lowest BCUT2D eigenvalue weighted by molar-refractivity contribution is 0.0869. The van der Waals surface area contributed by atoms with E-state index in [9.17, 15) is 9.90 Å². The summed E-state index contributed by atoms with van der Waals surface area (Å²) in [5.41, 5.74) is 0.375. The highest BCUT2D eigenvalue weighted by Crippen LogP contribution is 2.28. The maximum atomic E-state index is 12.4. The molecule has 1 saturated carbocycles. The number of ether oxygens (including phenoxy) is 1. The molecule has 2 heterocycles. The van der Waals surface area contributed by atoms with Crippen LogP contribution in [0.1, 0.15) is 23.2 Å². The zero-order chi connectivity index (χ0) is 16.2. The lowest BCUT2D eigenvalue weighted by atomic mass is 10.1. The molecule has 23 heavy (non-hydrogen) atoms. The third kappa shape index (κ3) is 3.50. The number of aliphatic hydroxyl groups excluding tert-OH is 1. The Morgan fingerprint density at radius 3 is 3.04 bits per heavy atom. The summed E-state index contributed by atoms with van der Waals surface area (Å²) in [6.45, 7) is 0.791. The maximum Gasteiger partial charge on any atom is 0.256 e. The van der Waals surface area contributed by atoms with Gasteiger partial charge >= 0.3 is 0 Å². The molecule has 2 aromatic heterocycles. The number of nitrogens with zero attached hydrogens (tertiary/aromatic N) is 3. The third-order valence-electron chi connectivity index (χ3n) is 4.22. The molecule has 2 aromatic rings. The van der Waals surface area contributed by atoms with Crippen molar-refractivity contribution in [2.45, 2.75) is 31.5 Å². The number of pyridine rings is 1. The van der Waals surface area contributed by atoms with Gasteiger partial charge in [-0.3, -0.25) is 9.78 Å². The molecular formula is C16H20N4O3. The number of methoxy groups -OCH3 is 1. The van der Waals surface area contributed by atoms with E-state index >= 15 is 0 Å².